The third-order valence-electron chi connectivity index (χ3n) is 3.76. The third-order valence-corrected chi connectivity index (χ3v) is 4.93. The van der Waals surface area contributed by atoms with Gasteiger partial charge in [-0.05, 0) is 40.3 Å². The van der Waals surface area contributed by atoms with Crippen molar-refractivity contribution in [3.63, 3.8) is 0 Å². The molecule has 7 heteroatoms. The maximum absolute atomic E-state index is 12.1. The third kappa shape index (κ3) is 2.49. The predicted octanol–water partition coefficient (Wildman–Crippen LogP) is 2.79. The molecule has 0 bridgehead atoms. The molecule has 3 aromatic rings. The van der Waals surface area contributed by atoms with Crippen LogP contribution < -0.4 is 0 Å². The van der Waals surface area contributed by atoms with E-state index in [1.165, 1.54) is 11.8 Å². The molecule has 0 saturated carbocycles. The molecule has 4 rings (SSSR count). The maximum atomic E-state index is 12.1. The fourth-order valence-corrected chi connectivity index (χ4v) is 3.81. The Kier molecular flexibility index (Phi) is 3.34. The van der Waals surface area contributed by atoms with E-state index < -0.39 is 0 Å². The summed E-state index contributed by atoms with van der Waals surface area (Å²) in [6, 6.07) is 14.3. The summed E-state index contributed by atoms with van der Waals surface area (Å²) in [5, 5.41) is 21.8. The fraction of sp³-hybridized carbons (Fsp3) is 0.125. The number of tetrazole rings is 1. The quantitative estimate of drug-likeness (QED) is 0.798. The van der Waals surface area contributed by atoms with E-state index >= 15 is 0 Å². The van der Waals surface area contributed by atoms with Gasteiger partial charge in [0, 0.05) is 17.2 Å². The van der Waals surface area contributed by atoms with E-state index in [4.69, 9.17) is 0 Å². The molecule has 0 spiro atoms. The van der Waals surface area contributed by atoms with E-state index in [0.717, 1.165) is 16.8 Å². The largest absolute Gasteiger partial charge is 0.508 e. The second-order valence-corrected chi connectivity index (χ2v) is 6.38. The molecular formula is C16H12N4O2S. The number of aromatic nitrogens is 4. The highest BCUT2D eigenvalue weighted by atomic mass is 32.2. The Labute approximate surface area is 136 Å². The molecule has 23 heavy (non-hydrogen) atoms. The van der Waals surface area contributed by atoms with E-state index in [0.29, 0.717) is 11.6 Å². The Hall–Kier alpha value is -2.67. The first-order chi connectivity index (χ1) is 11.2. The number of thioether (sulfide) groups is 1. The summed E-state index contributed by atoms with van der Waals surface area (Å²) in [6.45, 7) is 0. The van der Waals surface area contributed by atoms with Crippen molar-refractivity contribution in [3.8, 4) is 11.4 Å². The summed E-state index contributed by atoms with van der Waals surface area (Å²) in [7, 11) is 0. The van der Waals surface area contributed by atoms with Crippen molar-refractivity contribution >= 4 is 17.5 Å². The highest BCUT2D eigenvalue weighted by Gasteiger charge is 2.31. The Morgan fingerprint density at radius 3 is 2.74 bits per heavy atom. The van der Waals surface area contributed by atoms with Gasteiger partial charge in [-0.3, -0.25) is 4.79 Å². The van der Waals surface area contributed by atoms with Gasteiger partial charge in [-0.25, -0.2) is 0 Å². The molecule has 0 aliphatic heterocycles. The van der Waals surface area contributed by atoms with Crippen molar-refractivity contribution in [1.82, 2.24) is 20.2 Å². The van der Waals surface area contributed by atoms with Gasteiger partial charge in [0.05, 0.1) is 5.69 Å². The maximum Gasteiger partial charge on any atom is 0.214 e. The van der Waals surface area contributed by atoms with E-state index in [9.17, 15) is 9.90 Å². The minimum absolute atomic E-state index is 0.0144. The highest BCUT2D eigenvalue weighted by Crippen LogP contribution is 2.43. The topological polar surface area (TPSA) is 80.9 Å². The van der Waals surface area contributed by atoms with Crippen LogP contribution in [-0.2, 0) is 0 Å². The molecular weight excluding hydrogens is 312 g/mol. The van der Waals surface area contributed by atoms with E-state index in [2.05, 4.69) is 15.5 Å². The van der Waals surface area contributed by atoms with E-state index in [1.807, 2.05) is 24.3 Å². The minimum Gasteiger partial charge on any atom is -0.508 e. The number of phenolic OH excluding ortho intramolecular Hbond substituents is 1. The number of nitrogens with zero attached hydrogens (tertiary/aromatic N) is 4. The number of hydrogen-bond acceptors (Lipinski definition) is 6. The second kappa shape index (κ2) is 5.51. The molecule has 2 aromatic carbocycles. The van der Waals surface area contributed by atoms with Crippen LogP contribution >= 0.6 is 11.8 Å². The van der Waals surface area contributed by atoms with Crippen LogP contribution in [0, 0.1) is 0 Å². The van der Waals surface area contributed by atoms with Crippen LogP contribution in [0.15, 0.2) is 53.7 Å². The average molecular weight is 324 g/mol. The molecule has 6 nitrogen and oxygen atoms in total. The van der Waals surface area contributed by atoms with Crippen LogP contribution in [0.3, 0.4) is 0 Å². The number of rotatable bonds is 3. The van der Waals surface area contributed by atoms with Crippen LogP contribution in [0.4, 0.5) is 0 Å². The van der Waals surface area contributed by atoms with Crippen LogP contribution in [-0.4, -0.2) is 31.1 Å². The Balaban J connectivity index is 1.65. The molecule has 1 N–H and O–H groups in total. The average Bonchev–Trinajstić information content (AvgIpc) is 3.15. The molecule has 1 aliphatic rings. The SMILES string of the molecule is O=C1CC(Sc2nnnn2-c2ccc(O)cc2)c2ccccc21. The molecule has 1 aromatic heterocycles. The predicted molar refractivity (Wildman–Crippen MR) is 84.8 cm³/mol. The Morgan fingerprint density at radius 1 is 1.13 bits per heavy atom. The minimum atomic E-state index is 0.0144. The summed E-state index contributed by atoms with van der Waals surface area (Å²) in [6.07, 6.45) is 0.451. The van der Waals surface area contributed by atoms with Gasteiger partial charge in [0.15, 0.2) is 5.78 Å². The number of fused-ring (bicyclic) bond motifs is 1. The van der Waals surface area contributed by atoms with E-state index in [-0.39, 0.29) is 16.8 Å². The molecule has 1 unspecified atom stereocenters. The zero-order chi connectivity index (χ0) is 15.8. The molecule has 1 aliphatic carbocycles. The first-order valence-corrected chi connectivity index (χ1v) is 7.97. The van der Waals surface area contributed by atoms with Crippen LogP contribution in [0.25, 0.3) is 5.69 Å². The lowest BCUT2D eigenvalue weighted by Gasteiger charge is -2.10. The zero-order valence-corrected chi connectivity index (χ0v) is 12.8. The smallest absolute Gasteiger partial charge is 0.214 e. The number of aromatic hydroxyl groups is 1. The van der Waals surface area contributed by atoms with Gasteiger partial charge in [0.25, 0.3) is 0 Å². The summed E-state index contributed by atoms with van der Waals surface area (Å²) in [5.41, 5.74) is 2.57. The molecule has 114 valence electrons. The van der Waals surface area contributed by atoms with Crippen molar-refractivity contribution in [2.24, 2.45) is 0 Å². The molecule has 0 radical (unpaired) electrons. The zero-order valence-electron chi connectivity index (χ0n) is 12.0. The van der Waals surface area contributed by atoms with Crippen molar-refractivity contribution in [3.05, 3.63) is 59.7 Å². The lowest BCUT2D eigenvalue weighted by Crippen LogP contribution is -2.00. The summed E-state index contributed by atoms with van der Waals surface area (Å²) in [5.74, 6) is 0.341. The summed E-state index contributed by atoms with van der Waals surface area (Å²) < 4.78 is 1.61. The standard InChI is InChI=1S/C16H12N4O2S/c21-11-7-5-10(6-8-11)20-16(17-18-19-20)23-15-9-14(22)12-3-1-2-4-13(12)15/h1-8,15,21H,9H2. The number of phenols is 1. The lowest BCUT2D eigenvalue weighted by molar-refractivity contribution is 0.0994. The summed E-state index contributed by atoms with van der Waals surface area (Å²) >= 11 is 1.47. The second-order valence-electron chi connectivity index (χ2n) is 5.21. The van der Waals surface area contributed by atoms with Crippen LogP contribution in [0.5, 0.6) is 5.75 Å². The van der Waals surface area contributed by atoms with Crippen LogP contribution in [0.1, 0.15) is 27.6 Å². The number of carbonyl (C=O) groups is 1. The first-order valence-electron chi connectivity index (χ1n) is 7.09. The number of ketones is 1. The Bertz CT molecular complexity index is 876. The van der Waals surface area contributed by atoms with Crippen molar-refractivity contribution < 1.29 is 9.90 Å². The number of carbonyl (C=O) groups excluding carboxylic acids is 1. The first kappa shape index (κ1) is 14.0. The van der Waals surface area contributed by atoms with Gasteiger partial charge in [0.2, 0.25) is 5.16 Å². The molecule has 0 saturated heterocycles. The van der Waals surface area contributed by atoms with Crippen molar-refractivity contribution in [2.45, 2.75) is 16.8 Å². The van der Waals surface area contributed by atoms with Gasteiger partial charge in [-0.15, -0.1) is 5.10 Å². The van der Waals surface area contributed by atoms with Gasteiger partial charge in [-0.1, -0.05) is 36.0 Å². The van der Waals surface area contributed by atoms with Crippen molar-refractivity contribution in [1.29, 1.82) is 0 Å². The molecule has 1 heterocycles. The van der Waals surface area contributed by atoms with Gasteiger partial charge in [0.1, 0.15) is 5.75 Å². The van der Waals surface area contributed by atoms with Gasteiger partial charge < -0.3 is 5.11 Å². The molecule has 0 fully saturated rings. The number of hydrogen-bond donors (Lipinski definition) is 1. The van der Waals surface area contributed by atoms with Crippen LogP contribution in [0.2, 0.25) is 0 Å². The normalized spacial score (nSPS) is 16.5. The fourth-order valence-electron chi connectivity index (χ4n) is 2.66. The van der Waals surface area contributed by atoms with E-state index in [1.54, 1.807) is 28.9 Å². The van der Waals surface area contributed by atoms with Gasteiger partial charge >= 0.3 is 0 Å². The molecule has 0 amide bonds. The lowest BCUT2D eigenvalue weighted by atomic mass is 10.1. The Morgan fingerprint density at radius 2 is 1.91 bits per heavy atom. The van der Waals surface area contributed by atoms with Crippen molar-refractivity contribution in [2.75, 3.05) is 0 Å². The monoisotopic (exact) mass is 324 g/mol. The number of benzene rings is 2. The summed E-state index contributed by atoms with van der Waals surface area (Å²) in [4.78, 5) is 12.1. The van der Waals surface area contributed by atoms with Gasteiger partial charge in [-0.2, -0.15) is 4.68 Å². The number of Topliss-reactive ketones (excluding diaryl/α,β-unsaturated/α-hetero) is 1. The molecule has 1 atom stereocenters. The highest BCUT2D eigenvalue weighted by molar-refractivity contribution is 7.99.